The van der Waals surface area contributed by atoms with Crippen molar-refractivity contribution in [2.24, 2.45) is 4.99 Å². The fourth-order valence-corrected chi connectivity index (χ4v) is 11.1. The van der Waals surface area contributed by atoms with Crippen LogP contribution in [0, 0.1) is 0 Å². The van der Waals surface area contributed by atoms with E-state index in [-0.39, 0.29) is 12.3 Å². The Morgan fingerprint density at radius 2 is 1.04 bits per heavy atom. The van der Waals surface area contributed by atoms with Crippen LogP contribution in [-0.2, 0) is 0 Å². The standard InChI is InChI=1S/C51H34N4S2/c1-3-12-31(13-4-1)49-52-50(32-14-5-2-6-15-32)54-51(53-49)39-19-11-18-38-40-28-33(23-26-47(40)57-48(38)39)34-22-25-45-41(29-34)42-30-35(24-27-46(42)56-45)55-43-20-9-7-16-36(43)37-17-8-10-21-44(37)55/h1-30,49,51,53H,(H,52,54). The number of benzene rings is 8. The second-order valence-electron chi connectivity index (χ2n) is 14.8. The molecule has 0 amide bonds. The summed E-state index contributed by atoms with van der Waals surface area (Å²) in [6.45, 7) is 0. The Morgan fingerprint density at radius 3 is 1.75 bits per heavy atom. The number of nitrogens with one attached hydrogen (secondary N) is 2. The third-order valence-electron chi connectivity index (χ3n) is 11.5. The van der Waals surface area contributed by atoms with Crippen molar-refractivity contribution in [3.05, 3.63) is 199 Å². The molecule has 1 aliphatic rings. The van der Waals surface area contributed by atoms with Crippen LogP contribution in [0.5, 0.6) is 0 Å². The maximum absolute atomic E-state index is 5.14. The number of fused-ring (bicyclic) bond motifs is 9. The Morgan fingerprint density at radius 1 is 0.456 bits per heavy atom. The molecule has 4 nitrogen and oxygen atoms in total. The molecule has 3 aromatic heterocycles. The van der Waals surface area contributed by atoms with E-state index in [1.54, 1.807) is 0 Å². The molecule has 8 aromatic carbocycles. The Hall–Kier alpha value is -6.57. The van der Waals surface area contributed by atoms with Crippen LogP contribution >= 0.6 is 22.7 Å². The van der Waals surface area contributed by atoms with Gasteiger partial charge in [-0.3, -0.25) is 5.32 Å². The second kappa shape index (κ2) is 13.0. The van der Waals surface area contributed by atoms with Crippen LogP contribution in [0.15, 0.2) is 187 Å². The van der Waals surface area contributed by atoms with Crippen LogP contribution in [0.4, 0.5) is 0 Å². The molecule has 57 heavy (non-hydrogen) atoms. The molecule has 12 rings (SSSR count). The van der Waals surface area contributed by atoms with E-state index < -0.39 is 0 Å². The summed E-state index contributed by atoms with van der Waals surface area (Å²) in [7, 11) is 0. The fraction of sp³-hybridized carbons (Fsp3) is 0.0392. The van der Waals surface area contributed by atoms with Crippen LogP contribution in [0.3, 0.4) is 0 Å². The molecule has 11 aromatic rings. The monoisotopic (exact) mass is 766 g/mol. The van der Waals surface area contributed by atoms with E-state index in [4.69, 9.17) is 4.99 Å². The first-order valence-corrected chi connectivity index (χ1v) is 21.0. The number of para-hydroxylation sites is 2. The first-order valence-electron chi connectivity index (χ1n) is 19.3. The maximum Gasteiger partial charge on any atom is 0.131 e. The van der Waals surface area contributed by atoms with Crippen molar-refractivity contribution in [2.45, 2.75) is 12.3 Å². The highest BCUT2D eigenvalue weighted by molar-refractivity contribution is 7.26. The molecule has 270 valence electrons. The minimum absolute atomic E-state index is 0.124. The minimum atomic E-state index is -0.176. The van der Waals surface area contributed by atoms with Crippen molar-refractivity contribution in [1.29, 1.82) is 0 Å². The summed E-state index contributed by atoms with van der Waals surface area (Å²) in [4.78, 5) is 5.14. The van der Waals surface area contributed by atoms with Gasteiger partial charge in [0.25, 0.3) is 0 Å². The topological polar surface area (TPSA) is 41.4 Å². The van der Waals surface area contributed by atoms with Gasteiger partial charge in [-0.05, 0) is 71.3 Å². The first kappa shape index (κ1) is 32.7. The largest absolute Gasteiger partial charge is 0.350 e. The van der Waals surface area contributed by atoms with Gasteiger partial charge < -0.3 is 9.88 Å². The molecule has 2 atom stereocenters. The molecule has 0 aliphatic carbocycles. The molecular weight excluding hydrogens is 733 g/mol. The lowest BCUT2D eigenvalue weighted by atomic mass is 9.99. The molecule has 0 radical (unpaired) electrons. The Kier molecular flexibility index (Phi) is 7.45. The van der Waals surface area contributed by atoms with Gasteiger partial charge in [0.05, 0.1) is 11.0 Å². The average molecular weight is 767 g/mol. The van der Waals surface area contributed by atoms with Crippen LogP contribution in [0.2, 0.25) is 0 Å². The average Bonchev–Trinajstić information content (AvgIpc) is 3.95. The van der Waals surface area contributed by atoms with Crippen molar-refractivity contribution in [3.63, 3.8) is 0 Å². The van der Waals surface area contributed by atoms with Crippen molar-refractivity contribution < 1.29 is 0 Å². The predicted octanol–water partition coefficient (Wildman–Crippen LogP) is 13.5. The zero-order chi connectivity index (χ0) is 37.5. The third kappa shape index (κ3) is 5.33. The van der Waals surface area contributed by atoms with E-state index >= 15 is 0 Å². The Bertz CT molecular complexity index is 3320. The highest BCUT2D eigenvalue weighted by atomic mass is 32.1. The van der Waals surface area contributed by atoms with Crippen molar-refractivity contribution >= 4 is 90.7 Å². The zero-order valence-corrected chi connectivity index (χ0v) is 32.3. The lowest BCUT2D eigenvalue weighted by Crippen LogP contribution is -2.45. The summed E-state index contributed by atoms with van der Waals surface area (Å²) in [5, 5.41) is 15.3. The van der Waals surface area contributed by atoms with Crippen LogP contribution in [0.1, 0.15) is 29.0 Å². The van der Waals surface area contributed by atoms with E-state index in [0.717, 1.165) is 17.0 Å². The van der Waals surface area contributed by atoms with Crippen molar-refractivity contribution in [2.75, 3.05) is 0 Å². The van der Waals surface area contributed by atoms with E-state index in [1.165, 1.54) is 84.5 Å². The number of rotatable bonds is 5. The van der Waals surface area contributed by atoms with Gasteiger partial charge in [-0.2, -0.15) is 0 Å². The number of aliphatic imine (C=N–C) groups is 1. The lowest BCUT2D eigenvalue weighted by Gasteiger charge is -2.32. The summed E-state index contributed by atoms with van der Waals surface area (Å²) >= 11 is 3.74. The highest BCUT2D eigenvalue weighted by Gasteiger charge is 2.27. The fourth-order valence-electron chi connectivity index (χ4n) is 8.78. The number of aromatic nitrogens is 1. The third-order valence-corrected chi connectivity index (χ3v) is 13.9. The quantitative estimate of drug-likeness (QED) is 0.183. The second-order valence-corrected chi connectivity index (χ2v) is 16.9. The summed E-state index contributed by atoms with van der Waals surface area (Å²) in [5.74, 6) is 0.895. The minimum Gasteiger partial charge on any atom is -0.350 e. The van der Waals surface area contributed by atoms with Crippen molar-refractivity contribution in [1.82, 2.24) is 15.2 Å². The van der Waals surface area contributed by atoms with Crippen LogP contribution < -0.4 is 10.6 Å². The van der Waals surface area contributed by atoms with E-state index in [0.29, 0.717) is 0 Å². The molecule has 0 saturated heterocycles. The van der Waals surface area contributed by atoms with Gasteiger partial charge in [-0.1, -0.05) is 127 Å². The summed E-state index contributed by atoms with van der Waals surface area (Å²) in [5.41, 5.74) is 9.55. The van der Waals surface area contributed by atoms with Gasteiger partial charge in [0, 0.05) is 67.9 Å². The summed E-state index contributed by atoms with van der Waals surface area (Å²) in [6.07, 6.45) is -0.300. The molecular formula is C51H34N4S2. The molecule has 0 bridgehead atoms. The zero-order valence-electron chi connectivity index (χ0n) is 30.7. The molecule has 6 heteroatoms. The van der Waals surface area contributed by atoms with E-state index in [9.17, 15) is 0 Å². The smallest absolute Gasteiger partial charge is 0.131 e. The van der Waals surface area contributed by atoms with E-state index in [1.807, 2.05) is 28.7 Å². The number of nitrogens with zero attached hydrogens (tertiary/aromatic N) is 2. The van der Waals surface area contributed by atoms with Gasteiger partial charge in [-0.25, -0.2) is 4.99 Å². The van der Waals surface area contributed by atoms with Crippen molar-refractivity contribution in [3.8, 4) is 16.8 Å². The Balaban J connectivity index is 0.946. The van der Waals surface area contributed by atoms with Gasteiger partial charge in [0.2, 0.25) is 0 Å². The maximum atomic E-state index is 5.14. The molecule has 0 fully saturated rings. The lowest BCUT2D eigenvalue weighted by molar-refractivity contribution is 0.411. The summed E-state index contributed by atoms with van der Waals surface area (Å²) < 4.78 is 7.59. The summed E-state index contributed by atoms with van der Waals surface area (Å²) in [6, 6.07) is 66.1. The first-order chi connectivity index (χ1) is 28.2. The number of amidine groups is 1. The van der Waals surface area contributed by atoms with E-state index in [2.05, 4.69) is 191 Å². The van der Waals surface area contributed by atoms with Crippen LogP contribution in [-0.4, -0.2) is 10.4 Å². The number of hydrogen-bond donors (Lipinski definition) is 2. The molecule has 0 saturated carbocycles. The highest BCUT2D eigenvalue weighted by Crippen LogP contribution is 2.43. The van der Waals surface area contributed by atoms with Gasteiger partial charge in [0.1, 0.15) is 18.2 Å². The number of thiophene rings is 2. The van der Waals surface area contributed by atoms with Gasteiger partial charge >= 0.3 is 0 Å². The molecule has 2 N–H and O–H groups in total. The molecule has 4 heterocycles. The molecule has 1 aliphatic heterocycles. The SMILES string of the molecule is c1ccc(C2=NC(c3ccccc3)NC(c3cccc4c3sc3ccc(-c5ccc6sc7ccc(-n8c9ccccc9c9ccccc98)cc7c6c5)cc34)N2)cc1. The normalized spacial score (nSPS) is 15.9. The predicted molar refractivity (Wildman–Crippen MR) is 243 cm³/mol. The Labute approximate surface area is 337 Å². The molecule has 0 spiro atoms. The molecule has 2 unspecified atom stereocenters. The van der Waals surface area contributed by atoms with Gasteiger partial charge in [-0.15, -0.1) is 22.7 Å². The number of hydrogen-bond acceptors (Lipinski definition) is 5. The van der Waals surface area contributed by atoms with Gasteiger partial charge in [0.15, 0.2) is 0 Å². The van der Waals surface area contributed by atoms with Crippen LogP contribution in [0.25, 0.3) is 79.0 Å².